The lowest BCUT2D eigenvalue weighted by Crippen LogP contribution is -2.40. The van der Waals surface area contributed by atoms with Gasteiger partial charge in [-0.1, -0.05) is 24.6 Å². The first kappa shape index (κ1) is 15.3. The first-order valence-electron chi connectivity index (χ1n) is 6.15. The third kappa shape index (κ3) is 2.97. The van der Waals surface area contributed by atoms with E-state index >= 15 is 0 Å². The number of carboxylic acids is 1. The summed E-state index contributed by atoms with van der Waals surface area (Å²) in [5.74, 6) is -1.45. The fourth-order valence-electron chi connectivity index (χ4n) is 1.92. The number of rotatable bonds is 5. The van der Waals surface area contributed by atoms with E-state index in [2.05, 4.69) is 0 Å². The van der Waals surface area contributed by atoms with E-state index in [1.807, 2.05) is 0 Å². The second kappa shape index (κ2) is 5.71. The molecule has 1 atom stereocenters. The maximum absolute atomic E-state index is 12.2. The molecule has 20 heavy (non-hydrogen) atoms. The predicted octanol–water partition coefficient (Wildman–Crippen LogP) is 1.78. The number of sulfone groups is 1. The minimum atomic E-state index is -3.47. The van der Waals surface area contributed by atoms with Gasteiger partial charge in [0.15, 0.2) is 9.84 Å². The van der Waals surface area contributed by atoms with Crippen LogP contribution < -0.4 is 0 Å². The van der Waals surface area contributed by atoms with Crippen LogP contribution in [0.3, 0.4) is 0 Å². The molecule has 0 amide bonds. The SMILES string of the molecule is CC(Cc1ccc(S(=O)(=O)C2COC2)c(Cl)c1)C(=O)O. The standard InChI is InChI=1S/C13H15ClO5S/c1-8(13(15)16)4-9-2-3-12(11(14)5-9)20(17,18)10-6-19-7-10/h2-3,5,8,10H,4,6-7H2,1H3,(H,15,16). The molecular formula is C13H15ClO5S. The quantitative estimate of drug-likeness (QED) is 0.895. The molecule has 7 heteroatoms. The zero-order chi connectivity index (χ0) is 14.9. The van der Waals surface area contributed by atoms with Crippen LogP contribution in [0.4, 0.5) is 0 Å². The summed E-state index contributed by atoms with van der Waals surface area (Å²) in [5.41, 5.74) is 0.703. The molecule has 0 bridgehead atoms. The Bertz CT molecular complexity index is 622. The van der Waals surface area contributed by atoms with Crippen molar-refractivity contribution >= 4 is 27.4 Å². The third-order valence-corrected chi connectivity index (χ3v) is 5.86. The fourth-order valence-corrected chi connectivity index (χ4v) is 3.94. The number of hydrogen-bond acceptors (Lipinski definition) is 4. The van der Waals surface area contributed by atoms with Crippen LogP contribution in [0.1, 0.15) is 12.5 Å². The van der Waals surface area contributed by atoms with Crippen LogP contribution in [0.5, 0.6) is 0 Å². The monoisotopic (exact) mass is 318 g/mol. The molecule has 0 aromatic heterocycles. The molecule has 0 spiro atoms. The minimum Gasteiger partial charge on any atom is -0.481 e. The molecule has 1 aromatic rings. The van der Waals surface area contributed by atoms with E-state index in [0.717, 1.165) is 0 Å². The van der Waals surface area contributed by atoms with E-state index in [9.17, 15) is 13.2 Å². The van der Waals surface area contributed by atoms with Crippen LogP contribution in [0.25, 0.3) is 0 Å². The summed E-state index contributed by atoms with van der Waals surface area (Å²) in [7, 11) is -3.47. The summed E-state index contributed by atoms with van der Waals surface area (Å²) >= 11 is 6.03. The first-order valence-corrected chi connectivity index (χ1v) is 8.07. The minimum absolute atomic E-state index is 0.0826. The average molecular weight is 319 g/mol. The second-order valence-electron chi connectivity index (χ2n) is 4.91. The second-order valence-corrected chi connectivity index (χ2v) is 7.52. The van der Waals surface area contributed by atoms with Crippen molar-refractivity contribution in [1.29, 1.82) is 0 Å². The number of carbonyl (C=O) groups is 1. The van der Waals surface area contributed by atoms with Gasteiger partial charge < -0.3 is 9.84 Å². The lowest BCUT2D eigenvalue weighted by molar-refractivity contribution is -0.141. The van der Waals surface area contributed by atoms with Crippen molar-refractivity contribution < 1.29 is 23.1 Å². The molecule has 1 unspecified atom stereocenters. The summed E-state index contributed by atoms with van der Waals surface area (Å²) in [6.07, 6.45) is 0.307. The molecule has 1 aliphatic heterocycles. The first-order chi connectivity index (χ1) is 9.32. The van der Waals surface area contributed by atoms with Gasteiger partial charge in [0.05, 0.1) is 29.0 Å². The van der Waals surface area contributed by atoms with E-state index in [4.69, 9.17) is 21.4 Å². The van der Waals surface area contributed by atoms with E-state index < -0.39 is 27.0 Å². The highest BCUT2D eigenvalue weighted by atomic mass is 35.5. The highest BCUT2D eigenvalue weighted by molar-refractivity contribution is 7.92. The number of carboxylic acid groups (broad SMARTS) is 1. The summed E-state index contributed by atoms with van der Waals surface area (Å²) < 4.78 is 29.3. The van der Waals surface area contributed by atoms with E-state index in [1.54, 1.807) is 13.0 Å². The van der Waals surface area contributed by atoms with E-state index in [1.165, 1.54) is 12.1 Å². The number of aliphatic carboxylic acids is 1. The maximum Gasteiger partial charge on any atom is 0.306 e. The molecule has 1 saturated heterocycles. The molecule has 0 saturated carbocycles. The van der Waals surface area contributed by atoms with Crippen molar-refractivity contribution in [3.8, 4) is 0 Å². The lowest BCUT2D eigenvalue weighted by Gasteiger charge is -2.26. The van der Waals surface area contributed by atoms with Crippen molar-refractivity contribution in [2.75, 3.05) is 13.2 Å². The number of ether oxygens (including phenoxy) is 1. The normalized spacial score (nSPS) is 17.5. The van der Waals surface area contributed by atoms with Crippen LogP contribution in [0.2, 0.25) is 5.02 Å². The Morgan fingerprint density at radius 1 is 1.50 bits per heavy atom. The van der Waals surface area contributed by atoms with Gasteiger partial charge in [-0.3, -0.25) is 4.79 Å². The van der Waals surface area contributed by atoms with Crippen LogP contribution in [-0.2, 0) is 25.8 Å². The number of benzene rings is 1. The fraction of sp³-hybridized carbons (Fsp3) is 0.462. The van der Waals surface area contributed by atoms with E-state index in [-0.39, 0.29) is 23.1 Å². The molecule has 1 fully saturated rings. The summed E-state index contributed by atoms with van der Waals surface area (Å²) in [6.45, 7) is 1.97. The van der Waals surface area contributed by atoms with Crippen molar-refractivity contribution in [2.24, 2.45) is 5.92 Å². The zero-order valence-corrected chi connectivity index (χ0v) is 12.4. The molecule has 1 N–H and O–H groups in total. The van der Waals surface area contributed by atoms with Gasteiger partial charge in [-0.25, -0.2) is 8.42 Å². The van der Waals surface area contributed by atoms with Crippen LogP contribution in [0, 0.1) is 5.92 Å². The maximum atomic E-state index is 12.2. The summed E-state index contributed by atoms with van der Waals surface area (Å²) in [4.78, 5) is 10.9. The van der Waals surface area contributed by atoms with Crippen molar-refractivity contribution in [2.45, 2.75) is 23.5 Å². The van der Waals surface area contributed by atoms with Crippen molar-refractivity contribution in [3.63, 3.8) is 0 Å². The Kier molecular flexibility index (Phi) is 4.36. The Morgan fingerprint density at radius 2 is 2.15 bits per heavy atom. The number of halogens is 1. The molecule has 2 rings (SSSR count). The molecule has 1 heterocycles. The van der Waals surface area contributed by atoms with E-state index in [0.29, 0.717) is 12.0 Å². The Morgan fingerprint density at radius 3 is 2.60 bits per heavy atom. The van der Waals surface area contributed by atoms with Gasteiger partial charge in [0, 0.05) is 0 Å². The van der Waals surface area contributed by atoms with Gasteiger partial charge in [0.25, 0.3) is 0 Å². The molecule has 5 nitrogen and oxygen atoms in total. The lowest BCUT2D eigenvalue weighted by atomic mass is 10.0. The predicted molar refractivity (Wildman–Crippen MR) is 73.7 cm³/mol. The molecule has 0 radical (unpaired) electrons. The van der Waals surface area contributed by atoms with Gasteiger partial charge in [-0.2, -0.15) is 0 Å². The average Bonchev–Trinajstić information content (AvgIpc) is 2.25. The van der Waals surface area contributed by atoms with Gasteiger partial charge in [-0.05, 0) is 24.1 Å². The highest BCUT2D eigenvalue weighted by Gasteiger charge is 2.35. The summed E-state index contributed by atoms with van der Waals surface area (Å²) in [5, 5.41) is 8.46. The van der Waals surface area contributed by atoms with Crippen LogP contribution >= 0.6 is 11.6 Å². The topological polar surface area (TPSA) is 80.7 Å². The largest absolute Gasteiger partial charge is 0.481 e. The molecule has 1 aliphatic rings. The molecule has 110 valence electrons. The molecular weight excluding hydrogens is 304 g/mol. The Hall–Kier alpha value is -1.11. The van der Waals surface area contributed by atoms with Gasteiger partial charge >= 0.3 is 5.97 Å². The van der Waals surface area contributed by atoms with Crippen LogP contribution in [0.15, 0.2) is 23.1 Å². The Labute approximate surface area is 122 Å². The molecule has 1 aromatic carbocycles. The molecule has 0 aliphatic carbocycles. The summed E-state index contributed by atoms with van der Waals surface area (Å²) in [6, 6.07) is 4.57. The zero-order valence-electron chi connectivity index (χ0n) is 10.9. The van der Waals surface area contributed by atoms with Gasteiger partial charge in [0.1, 0.15) is 5.25 Å². The highest BCUT2D eigenvalue weighted by Crippen LogP contribution is 2.29. The Balaban J connectivity index is 2.24. The van der Waals surface area contributed by atoms with Crippen molar-refractivity contribution in [1.82, 2.24) is 0 Å². The van der Waals surface area contributed by atoms with Gasteiger partial charge in [0.2, 0.25) is 0 Å². The van der Waals surface area contributed by atoms with Gasteiger partial charge in [-0.15, -0.1) is 0 Å². The van der Waals surface area contributed by atoms with Crippen LogP contribution in [-0.4, -0.2) is 38.0 Å². The van der Waals surface area contributed by atoms with Crippen molar-refractivity contribution in [3.05, 3.63) is 28.8 Å². The smallest absolute Gasteiger partial charge is 0.306 e. The third-order valence-electron chi connectivity index (χ3n) is 3.31. The number of hydrogen-bond donors (Lipinski definition) is 1.